The van der Waals surface area contributed by atoms with Crippen molar-refractivity contribution in [3.8, 4) is 23.0 Å². The monoisotopic (exact) mass is 494 g/mol. The fourth-order valence-electron chi connectivity index (χ4n) is 4.09. The van der Waals surface area contributed by atoms with Gasteiger partial charge in [0.1, 0.15) is 12.4 Å². The molecule has 1 amide bonds. The highest BCUT2D eigenvalue weighted by atomic mass is 32.2. The van der Waals surface area contributed by atoms with E-state index >= 15 is 0 Å². The maximum absolute atomic E-state index is 13.3. The first kappa shape index (κ1) is 23.2. The van der Waals surface area contributed by atoms with Gasteiger partial charge in [-0.05, 0) is 55.3 Å². The van der Waals surface area contributed by atoms with Crippen molar-refractivity contribution in [1.29, 1.82) is 0 Å². The van der Waals surface area contributed by atoms with Crippen molar-refractivity contribution >= 4 is 21.6 Å². The molecule has 2 heterocycles. The summed E-state index contributed by atoms with van der Waals surface area (Å²) in [7, 11) is -3.70. The zero-order valence-electron chi connectivity index (χ0n) is 19.1. The SMILES string of the molecule is O=C(Nc1cc(S(=O)(=O)N2CCCCC2)ccc1Oc1ccccc1)C1COc2ccccc2O1. The first-order chi connectivity index (χ1) is 17.0. The summed E-state index contributed by atoms with van der Waals surface area (Å²) >= 11 is 0. The number of nitrogens with one attached hydrogen (secondary N) is 1. The molecular weight excluding hydrogens is 468 g/mol. The summed E-state index contributed by atoms with van der Waals surface area (Å²) in [4.78, 5) is 13.2. The number of rotatable bonds is 6. The second kappa shape index (κ2) is 9.97. The number of fused-ring (bicyclic) bond motifs is 1. The van der Waals surface area contributed by atoms with Gasteiger partial charge in [0, 0.05) is 13.1 Å². The summed E-state index contributed by atoms with van der Waals surface area (Å²) < 4.78 is 45.5. The molecule has 2 aliphatic rings. The van der Waals surface area contributed by atoms with Crippen molar-refractivity contribution in [2.24, 2.45) is 0 Å². The van der Waals surface area contributed by atoms with E-state index in [0.29, 0.717) is 36.1 Å². The van der Waals surface area contributed by atoms with Crippen molar-refractivity contribution in [3.63, 3.8) is 0 Å². The Morgan fingerprint density at radius 1 is 0.914 bits per heavy atom. The molecule has 1 fully saturated rings. The standard InChI is InChI=1S/C26H26N2O6S/c29-26(25-18-32-23-11-5-6-12-24(23)34-25)27-21-17-20(35(30,31)28-15-7-2-8-16-28)13-14-22(21)33-19-9-3-1-4-10-19/h1,3-6,9-14,17,25H,2,7-8,15-16,18H2,(H,27,29). The first-order valence-corrected chi connectivity index (χ1v) is 13.0. The summed E-state index contributed by atoms with van der Waals surface area (Å²) in [6.07, 6.45) is 1.78. The van der Waals surface area contributed by atoms with Crippen molar-refractivity contribution in [3.05, 3.63) is 72.8 Å². The van der Waals surface area contributed by atoms with Gasteiger partial charge >= 0.3 is 0 Å². The lowest BCUT2D eigenvalue weighted by Crippen LogP contribution is -2.40. The molecule has 182 valence electrons. The minimum absolute atomic E-state index is 0.0312. The second-order valence-corrected chi connectivity index (χ2v) is 10.3. The normalized spacial score (nSPS) is 18.0. The highest BCUT2D eigenvalue weighted by Crippen LogP contribution is 2.35. The molecule has 5 rings (SSSR count). The van der Waals surface area contributed by atoms with Crippen LogP contribution >= 0.6 is 0 Å². The minimum atomic E-state index is -3.70. The van der Waals surface area contributed by atoms with E-state index in [-0.39, 0.29) is 17.2 Å². The number of carbonyl (C=O) groups is 1. The molecule has 1 N–H and O–H groups in total. The molecule has 9 heteroatoms. The van der Waals surface area contributed by atoms with E-state index in [1.54, 1.807) is 36.4 Å². The quantitative estimate of drug-likeness (QED) is 0.545. The second-order valence-electron chi connectivity index (χ2n) is 8.39. The van der Waals surface area contributed by atoms with Crippen LogP contribution in [0.1, 0.15) is 19.3 Å². The van der Waals surface area contributed by atoms with E-state index in [1.165, 1.54) is 16.4 Å². The Morgan fingerprint density at radius 2 is 1.63 bits per heavy atom. The molecule has 1 saturated heterocycles. The number of hydrogen-bond acceptors (Lipinski definition) is 6. The van der Waals surface area contributed by atoms with Crippen LogP contribution in [0, 0.1) is 0 Å². The number of amides is 1. The van der Waals surface area contributed by atoms with Gasteiger partial charge in [-0.1, -0.05) is 36.8 Å². The van der Waals surface area contributed by atoms with Crippen LogP contribution in [0.15, 0.2) is 77.7 Å². The molecule has 0 aromatic heterocycles. The number of nitrogens with zero attached hydrogens (tertiary/aromatic N) is 1. The van der Waals surface area contributed by atoms with Gasteiger partial charge in [0.25, 0.3) is 5.91 Å². The predicted molar refractivity (Wildman–Crippen MR) is 131 cm³/mol. The van der Waals surface area contributed by atoms with Gasteiger partial charge in [0.2, 0.25) is 16.1 Å². The van der Waals surface area contributed by atoms with Crippen LogP contribution in [-0.2, 0) is 14.8 Å². The molecule has 0 bridgehead atoms. The van der Waals surface area contributed by atoms with E-state index in [2.05, 4.69) is 5.32 Å². The molecule has 2 aliphatic heterocycles. The fraction of sp³-hybridized carbons (Fsp3) is 0.269. The van der Waals surface area contributed by atoms with Crippen LogP contribution in [-0.4, -0.2) is 44.4 Å². The summed E-state index contributed by atoms with van der Waals surface area (Å²) in [6.45, 7) is 1.00. The van der Waals surface area contributed by atoms with Crippen LogP contribution < -0.4 is 19.5 Å². The Kier molecular flexibility index (Phi) is 6.61. The number of ether oxygens (including phenoxy) is 3. The van der Waals surface area contributed by atoms with Crippen LogP contribution in [0.2, 0.25) is 0 Å². The van der Waals surface area contributed by atoms with Gasteiger partial charge in [-0.25, -0.2) is 8.42 Å². The minimum Gasteiger partial charge on any atom is -0.485 e. The number of para-hydroxylation sites is 3. The van der Waals surface area contributed by atoms with Crippen LogP contribution in [0.5, 0.6) is 23.0 Å². The molecule has 35 heavy (non-hydrogen) atoms. The number of hydrogen-bond donors (Lipinski definition) is 1. The fourth-order valence-corrected chi connectivity index (χ4v) is 5.63. The highest BCUT2D eigenvalue weighted by molar-refractivity contribution is 7.89. The number of piperidine rings is 1. The first-order valence-electron chi connectivity index (χ1n) is 11.6. The molecule has 0 aliphatic carbocycles. The third-order valence-electron chi connectivity index (χ3n) is 5.93. The largest absolute Gasteiger partial charge is 0.485 e. The predicted octanol–water partition coefficient (Wildman–Crippen LogP) is 4.43. The van der Waals surface area contributed by atoms with Crippen molar-refractivity contribution in [1.82, 2.24) is 4.31 Å². The maximum atomic E-state index is 13.3. The van der Waals surface area contributed by atoms with Gasteiger partial charge in [-0.3, -0.25) is 4.79 Å². The third kappa shape index (κ3) is 5.11. The summed E-state index contributed by atoms with van der Waals surface area (Å²) in [5, 5.41) is 2.79. The lowest BCUT2D eigenvalue weighted by atomic mass is 10.2. The van der Waals surface area contributed by atoms with E-state index in [9.17, 15) is 13.2 Å². The van der Waals surface area contributed by atoms with E-state index in [4.69, 9.17) is 14.2 Å². The molecule has 8 nitrogen and oxygen atoms in total. The average Bonchev–Trinajstić information content (AvgIpc) is 2.90. The van der Waals surface area contributed by atoms with Crippen molar-refractivity contribution in [2.75, 3.05) is 25.0 Å². The van der Waals surface area contributed by atoms with Gasteiger partial charge < -0.3 is 19.5 Å². The number of carbonyl (C=O) groups excluding carboxylic acids is 1. The van der Waals surface area contributed by atoms with E-state index in [1.807, 2.05) is 24.3 Å². The Morgan fingerprint density at radius 3 is 2.40 bits per heavy atom. The summed E-state index contributed by atoms with van der Waals surface area (Å²) in [5.41, 5.74) is 0.236. The molecule has 0 radical (unpaired) electrons. The van der Waals surface area contributed by atoms with Crippen LogP contribution in [0.25, 0.3) is 0 Å². The molecule has 3 aromatic carbocycles. The Labute approximate surface area is 204 Å². The molecule has 1 atom stereocenters. The van der Waals surface area contributed by atoms with E-state index < -0.39 is 22.0 Å². The summed E-state index contributed by atoms with van der Waals surface area (Å²) in [6, 6.07) is 20.7. The lowest BCUT2D eigenvalue weighted by Gasteiger charge is -2.27. The van der Waals surface area contributed by atoms with Crippen LogP contribution in [0.4, 0.5) is 5.69 Å². The Balaban J connectivity index is 1.43. The topological polar surface area (TPSA) is 94.2 Å². The third-order valence-corrected chi connectivity index (χ3v) is 7.83. The van der Waals surface area contributed by atoms with Gasteiger partial charge in [-0.15, -0.1) is 0 Å². The molecule has 0 saturated carbocycles. The number of anilines is 1. The van der Waals surface area contributed by atoms with Gasteiger partial charge in [-0.2, -0.15) is 4.31 Å². The molecule has 1 unspecified atom stereocenters. The van der Waals surface area contributed by atoms with Gasteiger partial charge in [0.15, 0.2) is 17.2 Å². The zero-order valence-corrected chi connectivity index (χ0v) is 19.9. The van der Waals surface area contributed by atoms with E-state index in [0.717, 1.165) is 19.3 Å². The van der Waals surface area contributed by atoms with Crippen molar-refractivity contribution < 1.29 is 27.4 Å². The lowest BCUT2D eigenvalue weighted by molar-refractivity contribution is -0.125. The number of benzene rings is 3. The number of sulfonamides is 1. The maximum Gasteiger partial charge on any atom is 0.269 e. The molecule has 3 aromatic rings. The molecular formula is C26H26N2O6S. The summed E-state index contributed by atoms with van der Waals surface area (Å²) in [5.74, 6) is 1.45. The smallest absolute Gasteiger partial charge is 0.269 e. The Hall–Kier alpha value is -3.56. The Bertz CT molecular complexity index is 1310. The molecule has 0 spiro atoms. The van der Waals surface area contributed by atoms with Gasteiger partial charge in [0.05, 0.1) is 10.6 Å². The zero-order chi connectivity index (χ0) is 24.3. The highest BCUT2D eigenvalue weighted by Gasteiger charge is 2.30. The van der Waals surface area contributed by atoms with Crippen LogP contribution in [0.3, 0.4) is 0 Å². The van der Waals surface area contributed by atoms with Crippen molar-refractivity contribution in [2.45, 2.75) is 30.3 Å². The average molecular weight is 495 g/mol.